The summed E-state index contributed by atoms with van der Waals surface area (Å²) in [7, 11) is 0. The molecule has 0 aliphatic rings. The van der Waals surface area contributed by atoms with Gasteiger partial charge in [-0.2, -0.15) is 0 Å². The van der Waals surface area contributed by atoms with Crippen molar-refractivity contribution in [1.82, 2.24) is 4.57 Å². The molecule has 0 bridgehead atoms. The molecule has 9 heteroatoms. The number of para-hydroxylation sites is 2. The van der Waals surface area contributed by atoms with E-state index in [1.807, 2.05) is 37.3 Å². The summed E-state index contributed by atoms with van der Waals surface area (Å²) < 4.78 is 12.4. The van der Waals surface area contributed by atoms with Gasteiger partial charge < -0.3 is 14.5 Å². The average Bonchev–Trinajstić information content (AvgIpc) is 3.11. The lowest BCUT2D eigenvalue weighted by Gasteiger charge is -2.12. The molecule has 4 rings (SSSR count). The van der Waals surface area contributed by atoms with Crippen LogP contribution in [0.3, 0.4) is 0 Å². The number of anilines is 1. The van der Waals surface area contributed by atoms with Crippen molar-refractivity contribution in [3.8, 4) is 11.5 Å². The van der Waals surface area contributed by atoms with Gasteiger partial charge in [0.1, 0.15) is 5.75 Å². The van der Waals surface area contributed by atoms with Crippen LogP contribution in [0.2, 0.25) is 0 Å². The summed E-state index contributed by atoms with van der Waals surface area (Å²) in [5, 5.41) is 13.7. The van der Waals surface area contributed by atoms with Crippen molar-refractivity contribution in [1.29, 1.82) is 0 Å². The Morgan fingerprint density at radius 2 is 1.88 bits per heavy atom. The van der Waals surface area contributed by atoms with E-state index in [1.165, 1.54) is 22.8 Å². The highest BCUT2D eigenvalue weighted by molar-refractivity contribution is 5.92. The summed E-state index contributed by atoms with van der Waals surface area (Å²) in [6.07, 6.45) is 0.531. The van der Waals surface area contributed by atoms with Crippen molar-refractivity contribution < 1.29 is 18.9 Å². The van der Waals surface area contributed by atoms with Gasteiger partial charge in [-0.15, -0.1) is 0 Å². The number of nitrogens with one attached hydrogen (secondary N) is 1. The third kappa shape index (κ3) is 5.09. The number of amides is 1. The maximum absolute atomic E-state index is 12.5. The van der Waals surface area contributed by atoms with E-state index in [0.29, 0.717) is 29.1 Å². The lowest BCUT2D eigenvalue weighted by atomic mass is 10.2. The largest absolute Gasteiger partial charge is 0.455 e. The summed E-state index contributed by atoms with van der Waals surface area (Å²) in [5.74, 6) is 0.330. The van der Waals surface area contributed by atoms with Gasteiger partial charge in [0.25, 0.3) is 5.69 Å². The summed E-state index contributed by atoms with van der Waals surface area (Å²) in [4.78, 5) is 35.0. The number of hydrogen-bond acceptors (Lipinski definition) is 6. The molecule has 0 saturated carbocycles. The molecule has 1 N–H and O–H groups in total. The number of fused-ring (bicyclic) bond motifs is 1. The number of nitrogens with zero attached hydrogens (tertiary/aromatic N) is 2. The molecule has 1 heterocycles. The van der Waals surface area contributed by atoms with E-state index in [1.54, 1.807) is 18.2 Å². The molecule has 0 aliphatic heterocycles. The van der Waals surface area contributed by atoms with Gasteiger partial charge in [0, 0.05) is 19.0 Å². The molecule has 0 fully saturated rings. The molecule has 0 atom stereocenters. The number of carbonyl (C=O) groups is 1. The minimum absolute atomic E-state index is 0.140. The van der Waals surface area contributed by atoms with E-state index in [0.717, 1.165) is 5.56 Å². The molecule has 1 amide bonds. The number of aryl methyl sites for hydroxylation is 2. The maximum Gasteiger partial charge on any atom is 0.419 e. The number of hydrogen-bond donors (Lipinski definition) is 1. The highest BCUT2D eigenvalue weighted by Crippen LogP contribution is 2.29. The van der Waals surface area contributed by atoms with Crippen LogP contribution in [-0.2, 0) is 11.3 Å². The van der Waals surface area contributed by atoms with Crippen molar-refractivity contribution in [3.63, 3.8) is 0 Å². The molecule has 1 aromatic heterocycles. The predicted octanol–water partition coefficient (Wildman–Crippen LogP) is 5.02. The van der Waals surface area contributed by atoms with E-state index in [2.05, 4.69) is 5.32 Å². The number of ether oxygens (including phenoxy) is 1. The summed E-state index contributed by atoms with van der Waals surface area (Å²) >= 11 is 0. The number of oxazole rings is 1. The smallest absolute Gasteiger partial charge is 0.419 e. The van der Waals surface area contributed by atoms with Gasteiger partial charge in [-0.25, -0.2) is 4.79 Å². The first-order valence-corrected chi connectivity index (χ1v) is 10.3. The molecule has 0 spiro atoms. The van der Waals surface area contributed by atoms with Crippen molar-refractivity contribution in [2.45, 2.75) is 26.3 Å². The van der Waals surface area contributed by atoms with Gasteiger partial charge in [0.2, 0.25) is 5.91 Å². The SMILES string of the molecule is Cc1ccc(Oc2ccccc2NC(=O)CCCn2c(=O)oc3cc([N+](=O)[O-])ccc32)cc1. The second kappa shape index (κ2) is 9.39. The highest BCUT2D eigenvalue weighted by atomic mass is 16.6. The molecule has 9 nitrogen and oxygen atoms in total. The van der Waals surface area contributed by atoms with Crippen LogP contribution in [0.4, 0.5) is 11.4 Å². The third-order valence-corrected chi connectivity index (χ3v) is 5.06. The molecule has 3 aromatic carbocycles. The molecule has 168 valence electrons. The summed E-state index contributed by atoms with van der Waals surface area (Å²) in [5.41, 5.74) is 2.09. The van der Waals surface area contributed by atoms with E-state index in [4.69, 9.17) is 9.15 Å². The standard InChI is InChI=1S/C24H21N3O6/c1-16-8-11-18(12-9-16)32-21-6-3-2-5-19(21)25-23(28)7-4-14-26-20-13-10-17(27(30)31)15-22(20)33-24(26)29/h2-3,5-6,8-13,15H,4,7,14H2,1H3,(H,25,28). The molecular formula is C24H21N3O6. The number of rotatable bonds is 8. The highest BCUT2D eigenvalue weighted by Gasteiger charge is 2.15. The molecule has 0 radical (unpaired) electrons. The zero-order valence-electron chi connectivity index (χ0n) is 17.8. The Morgan fingerprint density at radius 1 is 1.12 bits per heavy atom. The van der Waals surface area contributed by atoms with Crippen molar-refractivity contribution in [3.05, 3.63) is 93.0 Å². The first-order valence-electron chi connectivity index (χ1n) is 10.3. The number of nitro benzene ring substituents is 1. The molecule has 0 aliphatic carbocycles. The van der Waals surface area contributed by atoms with Gasteiger partial charge in [0.05, 0.1) is 22.2 Å². The maximum atomic E-state index is 12.5. The van der Waals surface area contributed by atoms with E-state index in [9.17, 15) is 19.7 Å². The minimum atomic E-state index is -0.622. The van der Waals surface area contributed by atoms with Crippen molar-refractivity contribution in [2.24, 2.45) is 0 Å². The molecule has 0 unspecified atom stereocenters. The summed E-state index contributed by atoms with van der Waals surface area (Å²) in [6.45, 7) is 2.22. The molecule has 33 heavy (non-hydrogen) atoms. The van der Waals surface area contributed by atoms with Gasteiger partial charge in [0.15, 0.2) is 11.3 Å². The topological polar surface area (TPSA) is 117 Å². The van der Waals surface area contributed by atoms with Gasteiger partial charge >= 0.3 is 5.76 Å². The number of nitro groups is 1. The number of carbonyl (C=O) groups excluding carboxylic acids is 1. The quantitative estimate of drug-likeness (QED) is 0.299. The van der Waals surface area contributed by atoms with Crippen LogP contribution in [0, 0.1) is 17.0 Å². The van der Waals surface area contributed by atoms with Crippen molar-refractivity contribution >= 4 is 28.4 Å². The lowest BCUT2D eigenvalue weighted by molar-refractivity contribution is -0.384. The fraction of sp³-hybridized carbons (Fsp3) is 0.167. The Bertz CT molecular complexity index is 1370. The van der Waals surface area contributed by atoms with Crippen LogP contribution in [0.1, 0.15) is 18.4 Å². The Hall–Kier alpha value is -4.40. The van der Waals surface area contributed by atoms with Crippen LogP contribution < -0.4 is 15.8 Å². The number of benzene rings is 3. The molecular weight excluding hydrogens is 426 g/mol. The van der Waals surface area contributed by atoms with Crippen molar-refractivity contribution in [2.75, 3.05) is 5.32 Å². The Balaban J connectivity index is 1.39. The zero-order chi connectivity index (χ0) is 23.4. The average molecular weight is 447 g/mol. The van der Waals surface area contributed by atoms with Gasteiger partial charge in [-0.05, 0) is 43.7 Å². The van der Waals surface area contributed by atoms with E-state index in [-0.39, 0.29) is 30.1 Å². The first kappa shape index (κ1) is 21.8. The number of non-ortho nitro benzene ring substituents is 1. The first-order chi connectivity index (χ1) is 15.9. The molecule has 0 saturated heterocycles. The monoisotopic (exact) mass is 447 g/mol. The van der Waals surface area contributed by atoms with Gasteiger partial charge in [-0.3, -0.25) is 19.5 Å². The fourth-order valence-corrected chi connectivity index (χ4v) is 3.38. The van der Waals surface area contributed by atoms with Crippen LogP contribution in [0.15, 0.2) is 75.9 Å². The Kier molecular flexibility index (Phi) is 6.21. The van der Waals surface area contributed by atoms with Crippen LogP contribution >= 0.6 is 0 Å². The predicted molar refractivity (Wildman–Crippen MR) is 123 cm³/mol. The van der Waals surface area contributed by atoms with E-state index < -0.39 is 10.7 Å². The Labute approximate surface area is 188 Å². The lowest BCUT2D eigenvalue weighted by Crippen LogP contribution is -2.17. The van der Waals surface area contributed by atoms with E-state index >= 15 is 0 Å². The number of aromatic nitrogens is 1. The summed E-state index contributed by atoms with van der Waals surface area (Å²) in [6, 6.07) is 18.7. The second-order valence-corrected chi connectivity index (χ2v) is 7.49. The minimum Gasteiger partial charge on any atom is -0.455 e. The van der Waals surface area contributed by atoms with Crippen LogP contribution in [0.5, 0.6) is 11.5 Å². The normalized spacial score (nSPS) is 10.8. The zero-order valence-corrected chi connectivity index (χ0v) is 17.8. The Morgan fingerprint density at radius 3 is 2.64 bits per heavy atom. The third-order valence-electron chi connectivity index (χ3n) is 5.06. The second-order valence-electron chi connectivity index (χ2n) is 7.49. The van der Waals surface area contributed by atoms with Gasteiger partial charge in [-0.1, -0.05) is 29.8 Å². The van der Waals surface area contributed by atoms with Crippen LogP contribution in [-0.4, -0.2) is 15.4 Å². The fourth-order valence-electron chi connectivity index (χ4n) is 3.38. The molecule has 4 aromatic rings. The van der Waals surface area contributed by atoms with Crippen LogP contribution in [0.25, 0.3) is 11.1 Å².